The first kappa shape index (κ1) is 11.8. The molecule has 1 aromatic heterocycles. The molecule has 0 saturated carbocycles. The van der Waals surface area contributed by atoms with E-state index in [9.17, 15) is 0 Å². The zero-order valence-electron chi connectivity index (χ0n) is 11.3. The highest BCUT2D eigenvalue weighted by atomic mass is 16.3. The second-order valence-electron chi connectivity index (χ2n) is 5.03. The lowest BCUT2D eigenvalue weighted by atomic mass is 10.0. The third-order valence-electron chi connectivity index (χ3n) is 3.31. The second-order valence-corrected chi connectivity index (χ2v) is 5.03. The van der Waals surface area contributed by atoms with Crippen molar-refractivity contribution >= 4 is 16.8 Å². The number of benzene rings is 2. The van der Waals surface area contributed by atoms with E-state index in [1.54, 1.807) is 0 Å². The number of nitrogen functional groups attached to an aromatic ring is 1. The van der Waals surface area contributed by atoms with Crippen LogP contribution in [0.5, 0.6) is 0 Å². The molecule has 3 nitrogen and oxygen atoms in total. The summed E-state index contributed by atoms with van der Waals surface area (Å²) in [5, 5.41) is 0. The van der Waals surface area contributed by atoms with E-state index in [4.69, 9.17) is 10.2 Å². The van der Waals surface area contributed by atoms with Crippen molar-refractivity contribution in [2.75, 3.05) is 5.73 Å². The Kier molecular flexibility index (Phi) is 2.56. The first-order valence-corrected chi connectivity index (χ1v) is 6.29. The van der Waals surface area contributed by atoms with Gasteiger partial charge in [-0.2, -0.15) is 0 Å². The van der Waals surface area contributed by atoms with Crippen molar-refractivity contribution in [2.45, 2.75) is 20.8 Å². The molecule has 96 valence electrons. The molecule has 0 aliphatic rings. The quantitative estimate of drug-likeness (QED) is 0.666. The topological polar surface area (TPSA) is 52.0 Å². The van der Waals surface area contributed by atoms with Crippen LogP contribution in [-0.2, 0) is 0 Å². The highest BCUT2D eigenvalue weighted by Gasteiger charge is 2.13. The maximum Gasteiger partial charge on any atom is 0.229 e. The molecule has 2 aromatic carbocycles. The summed E-state index contributed by atoms with van der Waals surface area (Å²) in [5.41, 5.74) is 12.8. The van der Waals surface area contributed by atoms with E-state index in [1.807, 2.05) is 45.0 Å². The summed E-state index contributed by atoms with van der Waals surface area (Å²) in [6, 6.07) is 10.1. The summed E-state index contributed by atoms with van der Waals surface area (Å²) < 4.78 is 5.83. The lowest BCUT2D eigenvalue weighted by molar-refractivity contribution is 0.620. The Morgan fingerprint density at radius 1 is 1.00 bits per heavy atom. The Bertz CT molecular complexity index is 772. The number of nitrogens with zero attached hydrogens (tertiary/aromatic N) is 1. The van der Waals surface area contributed by atoms with Crippen LogP contribution in [0.15, 0.2) is 34.7 Å². The fourth-order valence-electron chi connectivity index (χ4n) is 2.30. The molecule has 3 heteroatoms. The molecular formula is C16H16N2O. The van der Waals surface area contributed by atoms with Crippen LogP contribution in [0.2, 0.25) is 0 Å². The van der Waals surface area contributed by atoms with Crippen LogP contribution in [-0.4, -0.2) is 4.98 Å². The lowest BCUT2D eigenvalue weighted by Gasteiger charge is -2.06. The van der Waals surface area contributed by atoms with Crippen LogP contribution in [0.1, 0.15) is 16.7 Å². The number of aryl methyl sites for hydroxylation is 3. The standard InChI is InChI=1S/C16H16N2O/c1-9-4-5-13-14(8-9)19-16(18-13)12-7-10(2)6-11(3)15(12)17/h4-8H,17H2,1-3H3. The summed E-state index contributed by atoms with van der Waals surface area (Å²) in [5.74, 6) is 0.588. The van der Waals surface area contributed by atoms with Crippen molar-refractivity contribution in [3.8, 4) is 11.5 Å². The van der Waals surface area contributed by atoms with E-state index in [0.717, 1.165) is 39.0 Å². The van der Waals surface area contributed by atoms with E-state index in [0.29, 0.717) is 5.89 Å². The minimum atomic E-state index is 0.588. The summed E-state index contributed by atoms with van der Waals surface area (Å²) in [6.07, 6.45) is 0. The van der Waals surface area contributed by atoms with Crippen molar-refractivity contribution in [3.05, 3.63) is 47.0 Å². The van der Waals surface area contributed by atoms with Gasteiger partial charge in [-0.15, -0.1) is 0 Å². The van der Waals surface area contributed by atoms with Crippen molar-refractivity contribution in [3.63, 3.8) is 0 Å². The molecule has 3 rings (SSSR count). The zero-order valence-corrected chi connectivity index (χ0v) is 11.3. The Morgan fingerprint density at radius 2 is 1.79 bits per heavy atom. The van der Waals surface area contributed by atoms with Gasteiger partial charge >= 0.3 is 0 Å². The third-order valence-corrected chi connectivity index (χ3v) is 3.31. The van der Waals surface area contributed by atoms with Crippen LogP contribution < -0.4 is 5.73 Å². The van der Waals surface area contributed by atoms with Gasteiger partial charge in [-0.1, -0.05) is 12.1 Å². The van der Waals surface area contributed by atoms with Gasteiger partial charge in [0.2, 0.25) is 5.89 Å². The highest BCUT2D eigenvalue weighted by Crippen LogP contribution is 2.31. The predicted molar refractivity (Wildman–Crippen MR) is 78.1 cm³/mol. The van der Waals surface area contributed by atoms with Gasteiger partial charge in [-0.3, -0.25) is 0 Å². The van der Waals surface area contributed by atoms with E-state index in [2.05, 4.69) is 11.1 Å². The van der Waals surface area contributed by atoms with Gasteiger partial charge in [0.25, 0.3) is 0 Å². The van der Waals surface area contributed by atoms with Gasteiger partial charge in [0.15, 0.2) is 5.58 Å². The summed E-state index contributed by atoms with van der Waals surface area (Å²) in [6.45, 7) is 6.08. The van der Waals surface area contributed by atoms with Crippen molar-refractivity contribution in [1.29, 1.82) is 0 Å². The van der Waals surface area contributed by atoms with E-state index in [1.165, 1.54) is 0 Å². The van der Waals surface area contributed by atoms with E-state index < -0.39 is 0 Å². The molecule has 0 aliphatic carbocycles. The largest absolute Gasteiger partial charge is 0.436 e. The smallest absolute Gasteiger partial charge is 0.229 e. The first-order chi connectivity index (χ1) is 9.04. The molecule has 0 unspecified atom stereocenters. The molecule has 0 aliphatic heterocycles. The Labute approximate surface area is 112 Å². The predicted octanol–water partition coefficient (Wildman–Crippen LogP) is 4.00. The number of hydrogen-bond donors (Lipinski definition) is 1. The number of nitrogens with two attached hydrogens (primary N) is 1. The molecule has 0 atom stereocenters. The second kappa shape index (κ2) is 4.12. The maximum absolute atomic E-state index is 6.14. The Morgan fingerprint density at radius 3 is 2.58 bits per heavy atom. The molecule has 0 radical (unpaired) electrons. The number of oxazole rings is 1. The van der Waals surface area contributed by atoms with E-state index in [-0.39, 0.29) is 0 Å². The number of anilines is 1. The van der Waals surface area contributed by atoms with Gasteiger partial charge in [-0.25, -0.2) is 4.98 Å². The molecule has 0 fully saturated rings. The van der Waals surface area contributed by atoms with Crippen molar-refractivity contribution in [2.24, 2.45) is 0 Å². The molecule has 1 heterocycles. The molecule has 2 N–H and O–H groups in total. The third kappa shape index (κ3) is 1.97. The van der Waals surface area contributed by atoms with Crippen LogP contribution in [0.3, 0.4) is 0 Å². The van der Waals surface area contributed by atoms with Crippen molar-refractivity contribution in [1.82, 2.24) is 4.98 Å². The van der Waals surface area contributed by atoms with Gasteiger partial charge in [0.1, 0.15) is 5.52 Å². The zero-order chi connectivity index (χ0) is 13.6. The van der Waals surface area contributed by atoms with Crippen molar-refractivity contribution < 1.29 is 4.42 Å². The molecule has 0 saturated heterocycles. The summed E-state index contributed by atoms with van der Waals surface area (Å²) in [7, 11) is 0. The van der Waals surface area contributed by atoms with Gasteiger partial charge in [-0.05, 0) is 55.7 Å². The summed E-state index contributed by atoms with van der Waals surface area (Å²) in [4.78, 5) is 4.52. The lowest BCUT2D eigenvalue weighted by Crippen LogP contribution is -1.95. The molecule has 0 spiro atoms. The molecule has 0 bridgehead atoms. The first-order valence-electron chi connectivity index (χ1n) is 6.29. The van der Waals surface area contributed by atoms with Crippen LogP contribution >= 0.6 is 0 Å². The van der Waals surface area contributed by atoms with Crippen LogP contribution in [0, 0.1) is 20.8 Å². The maximum atomic E-state index is 6.14. The number of hydrogen-bond acceptors (Lipinski definition) is 3. The average molecular weight is 252 g/mol. The highest BCUT2D eigenvalue weighted by molar-refractivity contribution is 5.81. The summed E-state index contributed by atoms with van der Waals surface area (Å²) >= 11 is 0. The average Bonchev–Trinajstić information content (AvgIpc) is 2.76. The fraction of sp³-hybridized carbons (Fsp3) is 0.188. The molecule has 0 amide bonds. The number of fused-ring (bicyclic) bond motifs is 1. The Hall–Kier alpha value is -2.29. The normalized spacial score (nSPS) is 11.1. The fourth-order valence-corrected chi connectivity index (χ4v) is 2.30. The van der Waals surface area contributed by atoms with Gasteiger partial charge in [0.05, 0.1) is 5.56 Å². The molecule has 3 aromatic rings. The minimum Gasteiger partial charge on any atom is -0.436 e. The SMILES string of the molecule is Cc1cc(C)c(N)c(-c2nc3ccc(C)cc3o2)c1. The van der Waals surface area contributed by atoms with Gasteiger partial charge in [0, 0.05) is 5.69 Å². The molecular weight excluding hydrogens is 236 g/mol. The molecule has 19 heavy (non-hydrogen) atoms. The Balaban J connectivity index is 2.24. The number of rotatable bonds is 1. The van der Waals surface area contributed by atoms with Crippen LogP contribution in [0.4, 0.5) is 5.69 Å². The van der Waals surface area contributed by atoms with Crippen LogP contribution in [0.25, 0.3) is 22.6 Å². The monoisotopic (exact) mass is 252 g/mol. The van der Waals surface area contributed by atoms with Gasteiger partial charge < -0.3 is 10.2 Å². The van der Waals surface area contributed by atoms with E-state index >= 15 is 0 Å². The number of aromatic nitrogens is 1. The minimum absolute atomic E-state index is 0.588.